The van der Waals surface area contributed by atoms with Crippen LogP contribution >= 0.6 is 0 Å². The molecule has 7 nitrogen and oxygen atoms in total. The maximum Gasteiger partial charge on any atom is 0.407 e. The van der Waals surface area contributed by atoms with E-state index in [9.17, 15) is 19.5 Å². The minimum absolute atomic E-state index is 0.0758. The van der Waals surface area contributed by atoms with Gasteiger partial charge in [-0.15, -0.1) is 0 Å². The summed E-state index contributed by atoms with van der Waals surface area (Å²) in [5.41, 5.74) is 4.41. The molecular formula is C26H30N2O5. The lowest BCUT2D eigenvalue weighted by Crippen LogP contribution is -2.51. The van der Waals surface area contributed by atoms with E-state index in [-0.39, 0.29) is 18.6 Å². The van der Waals surface area contributed by atoms with Gasteiger partial charge in [-0.1, -0.05) is 67.8 Å². The smallest absolute Gasteiger partial charge is 0.407 e. The van der Waals surface area contributed by atoms with Crippen molar-refractivity contribution in [2.24, 2.45) is 0 Å². The minimum atomic E-state index is -1.16. The number of amides is 2. The molecule has 1 unspecified atom stereocenters. The number of carbonyl (C=O) groups excluding carboxylic acids is 2. The number of likely N-dealkylation sites (N-methyl/N-ethyl adjacent to an activating group) is 1. The normalized spacial score (nSPS) is 16.4. The first kappa shape index (κ1) is 22.8. The summed E-state index contributed by atoms with van der Waals surface area (Å²) >= 11 is 0. The van der Waals surface area contributed by atoms with Gasteiger partial charge in [0.2, 0.25) is 5.91 Å². The van der Waals surface area contributed by atoms with Gasteiger partial charge in [0.15, 0.2) is 0 Å². The predicted molar refractivity (Wildman–Crippen MR) is 124 cm³/mol. The minimum Gasteiger partial charge on any atom is -0.481 e. The summed E-state index contributed by atoms with van der Waals surface area (Å²) in [6, 6.07) is 15.0. The molecule has 174 valence electrons. The second-order valence-electron chi connectivity index (χ2n) is 8.86. The lowest BCUT2D eigenvalue weighted by molar-refractivity contribution is -0.143. The van der Waals surface area contributed by atoms with E-state index in [1.165, 1.54) is 0 Å². The maximum absolute atomic E-state index is 13.0. The number of nitrogens with one attached hydrogen (secondary N) is 1. The van der Waals surface area contributed by atoms with Gasteiger partial charge >= 0.3 is 12.1 Å². The van der Waals surface area contributed by atoms with E-state index in [1.807, 2.05) is 36.4 Å². The summed E-state index contributed by atoms with van der Waals surface area (Å²) in [5, 5.41) is 11.8. The number of alkyl carbamates (subject to hydrolysis) is 1. The number of carbonyl (C=O) groups is 3. The van der Waals surface area contributed by atoms with E-state index in [4.69, 9.17) is 4.74 Å². The molecule has 0 spiro atoms. The Morgan fingerprint density at radius 1 is 1.00 bits per heavy atom. The van der Waals surface area contributed by atoms with E-state index in [2.05, 4.69) is 17.4 Å². The van der Waals surface area contributed by atoms with Crippen LogP contribution in [0.5, 0.6) is 0 Å². The van der Waals surface area contributed by atoms with E-state index in [0.717, 1.165) is 54.4 Å². The second-order valence-corrected chi connectivity index (χ2v) is 8.86. The molecule has 0 aromatic heterocycles. The van der Waals surface area contributed by atoms with Crippen LogP contribution in [0.25, 0.3) is 11.1 Å². The molecule has 2 N–H and O–H groups in total. The van der Waals surface area contributed by atoms with Crippen LogP contribution in [0.1, 0.15) is 55.6 Å². The Bertz CT molecular complexity index is 985. The number of fused-ring (bicyclic) bond motifs is 3. The zero-order valence-corrected chi connectivity index (χ0v) is 18.8. The van der Waals surface area contributed by atoms with Gasteiger partial charge in [-0.25, -0.2) is 4.79 Å². The van der Waals surface area contributed by atoms with Gasteiger partial charge in [0.25, 0.3) is 0 Å². The lowest BCUT2D eigenvalue weighted by Gasteiger charge is -2.33. The molecule has 2 aromatic rings. The van der Waals surface area contributed by atoms with Crippen molar-refractivity contribution in [1.82, 2.24) is 10.2 Å². The highest BCUT2D eigenvalue weighted by molar-refractivity contribution is 5.89. The number of hydrogen-bond donors (Lipinski definition) is 2. The summed E-state index contributed by atoms with van der Waals surface area (Å²) < 4.78 is 5.51. The monoisotopic (exact) mass is 450 g/mol. The molecule has 33 heavy (non-hydrogen) atoms. The molecule has 0 aliphatic heterocycles. The number of hydrogen-bond acceptors (Lipinski definition) is 4. The molecule has 2 aromatic carbocycles. The van der Waals surface area contributed by atoms with Gasteiger partial charge in [-0.3, -0.25) is 9.59 Å². The van der Waals surface area contributed by atoms with Gasteiger partial charge in [0.05, 0.1) is 6.42 Å². The highest BCUT2D eigenvalue weighted by Crippen LogP contribution is 2.44. The second kappa shape index (κ2) is 10.1. The van der Waals surface area contributed by atoms with Crippen LogP contribution in [0.2, 0.25) is 0 Å². The van der Waals surface area contributed by atoms with E-state index in [0.29, 0.717) is 0 Å². The third kappa shape index (κ3) is 5.02. The van der Waals surface area contributed by atoms with Crippen LogP contribution < -0.4 is 5.32 Å². The topological polar surface area (TPSA) is 95.9 Å². The number of nitrogens with zero attached hydrogens (tertiary/aromatic N) is 1. The van der Waals surface area contributed by atoms with E-state index < -0.39 is 30.4 Å². The first-order chi connectivity index (χ1) is 16.0. The molecule has 0 radical (unpaired) electrons. The third-order valence-electron chi connectivity index (χ3n) is 6.78. The fourth-order valence-corrected chi connectivity index (χ4v) is 5.05. The Hall–Kier alpha value is -3.35. The van der Waals surface area contributed by atoms with Crippen molar-refractivity contribution in [2.75, 3.05) is 13.7 Å². The number of carboxylic acid groups (broad SMARTS) is 1. The SMILES string of the molecule is CN(C(=O)C(CC(=O)O)NC(=O)OCC1c2ccccc2-c2ccccc21)C1CCCCC1. The average molecular weight is 451 g/mol. The van der Waals surface area contributed by atoms with E-state index >= 15 is 0 Å². The summed E-state index contributed by atoms with van der Waals surface area (Å²) in [5.74, 6) is -1.65. The number of ether oxygens (including phenoxy) is 1. The fourth-order valence-electron chi connectivity index (χ4n) is 5.05. The van der Waals surface area contributed by atoms with Gasteiger partial charge in [-0.2, -0.15) is 0 Å². The Morgan fingerprint density at radius 2 is 1.58 bits per heavy atom. The van der Waals surface area contributed by atoms with Gasteiger partial charge in [-0.05, 0) is 35.1 Å². The molecule has 7 heteroatoms. The van der Waals surface area contributed by atoms with Crippen molar-refractivity contribution < 1.29 is 24.2 Å². The zero-order chi connectivity index (χ0) is 23.4. The van der Waals surface area contributed by atoms with Gasteiger partial charge < -0.3 is 20.1 Å². The van der Waals surface area contributed by atoms with Crippen molar-refractivity contribution in [3.63, 3.8) is 0 Å². The van der Waals surface area contributed by atoms with Crippen LogP contribution in [-0.2, 0) is 14.3 Å². The van der Waals surface area contributed by atoms with Crippen molar-refractivity contribution in [2.45, 2.75) is 56.5 Å². The van der Waals surface area contributed by atoms with Crippen LogP contribution in [-0.4, -0.2) is 53.7 Å². The molecule has 2 aliphatic carbocycles. The highest BCUT2D eigenvalue weighted by Gasteiger charge is 2.32. The molecule has 0 heterocycles. The molecule has 1 fully saturated rings. The quantitative estimate of drug-likeness (QED) is 0.660. The molecule has 0 bridgehead atoms. The maximum atomic E-state index is 13.0. The largest absolute Gasteiger partial charge is 0.481 e. The third-order valence-corrected chi connectivity index (χ3v) is 6.78. The molecule has 2 amide bonds. The molecule has 2 aliphatic rings. The Labute approximate surface area is 193 Å². The Kier molecular flexibility index (Phi) is 6.96. The summed E-state index contributed by atoms with van der Waals surface area (Å²) in [7, 11) is 1.69. The number of carboxylic acids is 1. The molecule has 1 atom stereocenters. The Balaban J connectivity index is 1.42. The Morgan fingerprint density at radius 3 is 2.15 bits per heavy atom. The van der Waals surface area contributed by atoms with Crippen LogP contribution in [0.15, 0.2) is 48.5 Å². The first-order valence-corrected chi connectivity index (χ1v) is 11.6. The van der Waals surface area contributed by atoms with Crippen LogP contribution in [0.4, 0.5) is 4.79 Å². The molecule has 0 saturated heterocycles. The van der Waals surface area contributed by atoms with Crippen molar-refractivity contribution in [3.8, 4) is 11.1 Å². The van der Waals surface area contributed by atoms with Crippen LogP contribution in [0.3, 0.4) is 0 Å². The average Bonchev–Trinajstić information content (AvgIpc) is 3.15. The molecule has 4 rings (SSSR count). The molecule has 1 saturated carbocycles. The number of benzene rings is 2. The standard InChI is InChI=1S/C26H30N2O5/c1-28(17-9-3-2-4-10-17)25(31)23(15-24(29)30)27-26(32)33-16-22-20-13-7-5-11-18(20)19-12-6-8-14-21(19)22/h5-8,11-14,17,22-23H,2-4,9-10,15-16H2,1H3,(H,27,32)(H,29,30). The summed E-state index contributed by atoms with van der Waals surface area (Å²) in [4.78, 5) is 38.6. The predicted octanol–water partition coefficient (Wildman–Crippen LogP) is 4.16. The zero-order valence-electron chi connectivity index (χ0n) is 18.8. The lowest BCUT2D eigenvalue weighted by atomic mass is 9.94. The first-order valence-electron chi connectivity index (χ1n) is 11.6. The highest BCUT2D eigenvalue weighted by atomic mass is 16.5. The fraction of sp³-hybridized carbons (Fsp3) is 0.423. The summed E-state index contributed by atoms with van der Waals surface area (Å²) in [6.45, 7) is 0.103. The van der Waals surface area contributed by atoms with Gasteiger partial charge in [0.1, 0.15) is 12.6 Å². The summed E-state index contributed by atoms with van der Waals surface area (Å²) in [6.07, 6.45) is 3.76. The van der Waals surface area contributed by atoms with Crippen molar-refractivity contribution >= 4 is 18.0 Å². The van der Waals surface area contributed by atoms with Crippen molar-refractivity contribution in [1.29, 1.82) is 0 Å². The van der Waals surface area contributed by atoms with E-state index in [1.54, 1.807) is 11.9 Å². The van der Waals surface area contributed by atoms with Crippen molar-refractivity contribution in [3.05, 3.63) is 59.7 Å². The van der Waals surface area contributed by atoms with Crippen LogP contribution in [0, 0.1) is 0 Å². The van der Waals surface area contributed by atoms with Gasteiger partial charge in [0, 0.05) is 19.0 Å². The molecular weight excluding hydrogens is 420 g/mol. The number of rotatable bonds is 7. The number of aliphatic carboxylic acids is 1.